The summed E-state index contributed by atoms with van der Waals surface area (Å²) in [5.74, 6) is 1.91. The molecule has 1 heteroatoms. The maximum absolute atomic E-state index is 11.1. The van der Waals surface area contributed by atoms with Crippen LogP contribution in [0.1, 0.15) is 26.2 Å². The van der Waals surface area contributed by atoms with E-state index < -0.39 is 0 Å². The molecule has 76 valence electrons. The molecule has 0 aromatic heterocycles. The Kier molecular flexibility index (Phi) is 2.85. The Morgan fingerprint density at radius 1 is 1.29 bits per heavy atom. The number of aldehydes is 1. The lowest BCUT2D eigenvalue weighted by molar-refractivity contribution is -0.113. The molecule has 0 radical (unpaired) electrons. The van der Waals surface area contributed by atoms with Crippen molar-refractivity contribution in [1.29, 1.82) is 0 Å². The van der Waals surface area contributed by atoms with Crippen molar-refractivity contribution in [3.8, 4) is 0 Å². The topological polar surface area (TPSA) is 17.1 Å². The number of hydrogen-bond acceptors (Lipinski definition) is 1. The fourth-order valence-corrected chi connectivity index (χ4v) is 3.03. The van der Waals surface area contributed by atoms with Crippen LogP contribution in [0.25, 0.3) is 0 Å². The van der Waals surface area contributed by atoms with Gasteiger partial charge in [0.25, 0.3) is 0 Å². The predicted molar refractivity (Wildman–Crippen MR) is 57.8 cm³/mol. The molecule has 0 heterocycles. The quantitative estimate of drug-likeness (QED) is 0.483. The molecular weight excluding hydrogens is 172 g/mol. The molecule has 2 aliphatic rings. The van der Waals surface area contributed by atoms with Crippen molar-refractivity contribution in [2.45, 2.75) is 26.2 Å². The van der Waals surface area contributed by atoms with Crippen molar-refractivity contribution in [3.63, 3.8) is 0 Å². The first-order valence-electron chi connectivity index (χ1n) is 5.63. The van der Waals surface area contributed by atoms with Crippen molar-refractivity contribution < 1.29 is 4.79 Å². The van der Waals surface area contributed by atoms with Gasteiger partial charge in [0.1, 0.15) is 6.29 Å². The van der Waals surface area contributed by atoms with E-state index in [0.717, 1.165) is 0 Å². The van der Waals surface area contributed by atoms with Gasteiger partial charge in [0.2, 0.25) is 0 Å². The highest BCUT2D eigenvalue weighted by Gasteiger charge is 2.37. The highest BCUT2D eigenvalue weighted by molar-refractivity contribution is 5.57. The lowest BCUT2D eigenvalue weighted by Crippen LogP contribution is -2.28. The summed E-state index contributed by atoms with van der Waals surface area (Å²) in [6.45, 7) is 2.02. The molecule has 0 spiro atoms. The Morgan fingerprint density at radius 3 is 2.86 bits per heavy atom. The molecule has 0 aromatic carbocycles. The molecule has 0 N–H and O–H groups in total. The summed E-state index contributed by atoms with van der Waals surface area (Å²) >= 11 is 0. The molecule has 1 saturated carbocycles. The van der Waals surface area contributed by atoms with Gasteiger partial charge in [-0.15, -0.1) is 0 Å². The Labute approximate surface area is 85.9 Å². The van der Waals surface area contributed by atoms with Crippen LogP contribution in [0.4, 0.5) is 0 Å². The largest absolute Gasteiger partial charge is 0.303 e. The van der Waals surface area contributed by atoms with Crippen LogP contribution in [0.5, 0.6) is 0 Å². The van der Waals surface area contributed by atoms with Crippen molar-refractivity contribution in [3.05, 3.63) is 24.3 Å². The van der Waals surface area contributed by atoms with Crippen LogP contribution in [-0.2, 0) is 4.79 Å². The highest BCUT2D eigenvalue weighted by atomic mass is 16.1. The SMILES string of the molecule is C/C=C/[C@@H]1C=C[C@@H]2CCC[C@H]2[C@H]1C=O. The van der Waals surface area contributed by atoms with Gasteiger partial charge < -0.3 is 4.79 Å². The zero-order chi connectivity index (χ0) is 9.97. The van der Waals surface area contributed by atoms with E-state index in [2.05, 4.69) is 24.3 Å². The Bertz CT molecular complexity index is 264. The zero-order valence-electron chi connectivity index (χ0n) is 8.73. The van der Waals surface area contributed by atoms with Crippen molar-refractivity contribution in [1.82, 2.24) is 0 Å². The van der Waals surface area contributed by atoms with E-state index in [4.69, 9.17) is 0 Å². The fraction of sp³-hybridized carbons (Fsp3) is 0.615. The van der Waals surface area contributed by atoms with Crippen LogP contribution < -0.4 is 0 Å². The molecule has 4 atom stereocenters. The minimum atomic E-state index is 0.240. The van der Waals surface area contributed by atoms with Crippen LogP contribution in [0.15, 0.2) is 24.3 Å². The lowest BCUT2D eigenvalue weighted by atomic mass is 9.72. The molecule has 0 bridgehead atoms. The molecule has 0 amide bonds. The van der Waals surface area contributed by atoms with Gasteiger partial charge in [-0.1, -0.05) is 30.7 Å². The van der Waals surface area contributed by atoms with E-state index in [1.807, 2.05) is 6.92 Å². The van der Waals surface area contributed by atoms with E-state index >= 15 is 0 Å². The second-order valence-electron chi connectivity index (χ2n) is 4.46. The van der Waals surface area contributed by atoms with Gasteiger partial charge in [-0.25, -0.2) is 0 Å². The molecule has 2 aliphatic carbocycles. The Morgan fingerprint density at radius 2 is 2.14 bits per heavy atom. The lowest BCUT2D eigenvalue weighted by Gasteiger charge is -2.31. The standard InChI is InChI=1S/C13H18O/c1-2-4-10-7-8-11-5-3-6-12(11)13(10)9-14/h2,4,7-13H,3,5-6H2,1H3/b4-2+/t10-,11+,12-,13+/m1/s1. The number of fused-ring (bicyclic) bond motifs is 1. The van der Waals surface area contributed by atoms with Crippen molar-refractivity contribution >= 4 is 6.29 Å². The molecule has 0 aromatic rings. The summed E-state index contributed by atoms with van der Waals surface area (Å²) in [7, 11) is 0. The van der Waals surface area contributed by atoms with Crippen molar-refractivity contribution in [2.24, 2.45) is 23.7 Å². The van der Waals surface area contributed by atoms with Gasteiger partial charge in [0, 0.05) is 11.8 Å². The predicted octanol–water partition coefficient (Wildman–Crippen LogP) is 2.98. The molecule has 0 saturated heterocycles. The van der Waals surface area contributed by atoms with E-state index in [1.165, 1.54) is 25.5 Å². The monoisotopic (exact) mass is 190 g/mol. The van der Waals surface area contributed by atoms with E-state index in [1.54, 1.807) is 0 Å². The fourth-order valence-electron chi connectivity index (χ4n) is 3.03. The summed E-state index contributed by atoms with van der Waals surface area (Å²) in [6, 6.07) is 0. The molecule has 1 nitrogen and oxygen atoms in total. The highest BCUT2D eigenvalue weighted by Crippen LogP contribution is 2.43. The van der Waals surface area contributed by atoms with Crippen molar-refractivity contribution in [2.75, 3.05) is 0 Å². The third-order valence-electron chi connectivity index (χ3n) is 3.72. The summed E-state index contributed by atoms with van der Waals surface area (Å²) in [5.41, 5.74) is 0. The number of carbonyl (C=O) groups is 1. The minimum absolute atomic E-state index is 0.240. The zero-order valence-corrected chi connectivity index (χ0v) is 8.73. The van der Waals surface area contributed by atoms with Gasteiger partial charge >= 0.3 is 0 Å². The van der Waals surface area contributed by atoms with Crippen LogP contribution in [0.3, 0.4) is 0 Å². The van der Waals surface area contributed by atoms with Crippen LogP contribution in [0, 0.1) is 23.7 Å². The van der Waals surface area contributed by atoms with Gasteiger partial charge in [-0.05, 0) is 31.6 Å². The summed E-state index contributed by atoms with van der Waals surface area (Å²) in [6.07, 6.45) is 13.8. The molecule has 0 aliphatic heterocycles. The van der Waals surface area contributed by atoms with Crippen LogP contribution >= 0.6 is 0 Å². The normalized spacial score (nSPS) is 41.5. The summed E-state index contributed by atoms with van der Waals surface area (Å²) < 4.78 is 0. The number of carbonyl (C=O) groups excluding carboxylic acids is 1. The maximum Gasteiger partial charge on any atom is 0.124 e. The van der Waals surface area contributed by atoms with E-state index in [-0.39, 0.29) is 5.92 Å². The van der Waals surface area contributed by atoms with Gasteiger partial charge in [-0.3, -0.25) is 0 Å². The minimum Gasteiger partial charge on any atom is -0.303 e. The molecule has 1 fully saturated rings. The van der Waals surface area contributed by atoms with Gasteiger partial charge in [0.15, 0.2) is 0 Å². The second-order valence-corrected chi connectivity index (χ2v) is 4.46. The number of hydrogen-bond donors (Lipinski definition) is 0. The summed E-state index contributed by atoms with van der Waals surface area (Å²) in [5, 5.41) is 0. The first-order valence-corrected chi connectivity index (χ1v) is 5.63. The Balaban J connectivity index is 2.21. The molecular formula is C13H18O. The summed E-state index contributed by atoms with van der Waals surface area (Å²) in [4.78, 5) is 11.1. The molecule has 0 unspecified atom stereocenters. The van der Waals surface area contributed by atoms with Gasteiger partial charge in [-0.2, -0.15) is 0 Å². The maximum atomic E-state index is 11.1. The Hall–Kier alpha value is -0.850. The average Bonchev–Trinajstić information content (AvgIpc) is 2.66. The van der Waals surface area contributed by atoms with E-state index in [0.29, 0.717) is 17.8 Å². The smallest absolute Gasteiger partial charge is 0.124 e. The van der Waals surface area contributed by atoms with Crippen LogP contribution in [-0.4, -0.2) is 6.29 Å². The first kappa shape index (κ1) is 9.70. The van der Waals surface area contributed by atoms with Gasteiger partial charge in [0.05, 0.1) is 0 Å². The van der Waals surface area contributed by atoms with Crippen LogP contribution in [0.2, 0.25) is 0 Å². The number of allylic oxidation sites excluding steroid dienone is 4. The first-order chi connectivity index (χ1) is 6.86. The third kappa shape index (κ3) is 1.56. The average molecular weight is 190 g/mol. The van der Waals surface area contributed by atoms with E-state index in [9.17, 15) is 4.79 Å². The second kappa shape index (κ2) is 4.12. The molecule has 14 heavy (non-hydrogen) atoms. The number of rotatable bonds is 2. The third-order valence-corrected chi connectivity index (χ3v) is 3.72. The molecule has 2 rings (SSSR count).